The van der Waals surface area contributed by atoms with Crippen LogP contribution in [0.3, 0.4) is 0 Å². The van der Waals surface area contributed by atoms with Gasteiger partial charge in [0, 0.05) is 17.9 Å². The molecule has 5 heteroatoms. The van der Waals surface area contributed by atoms with Gasteiger partial charge in [-0.1, -0.05) is 24.6 Å². The molecule has 144 valence electrons. The summed E-state index contributed by atoms with van der Waals surface area (Å²) in [5.74, 6) is -0.455. The van der Waals surface area contributed by atoms with Gasteiger partial charge >= 0.3 is 0 Å². The molecule has 0 aromatic rings. The van der Waals surface area contributed by atoms with Crippen molar-refractivity contribution >= 4 is 12.1 Å². The zero-order valence-corrected chi connectivity index (χ0v) is 15.9. The summed E-state index contributed by atoms with van der Waals surface area (Å²) in [6.45, 7) is 5.61. The van der Waals surface area contributed by atoms with Crippen LogP contribution in [0.5, 0.6) is 0 Å². The number of Topliss-reactive ketones (excluding diaryl/α,β-unsaturated/α-hetero) is 1. The molecule has 4 unspecified atom stereocenters. The van der Waals surface area contributed by atoms with Crippen molar-refractivity contribution in [2.75, 3.05) is 0 Å². The summed E-state index contributed by atoms with van der Waals surface area (Å²) >= 11 is 0. The number of ketones is 1. The van der Waals surface area contributed by atoms with E-state index in [0.717, 1.165) is 24.7 Å². The fourth-order valence-electron chi connectivity index (χ4n) is 3.95. The van der Waals surface area contributed by atoms with Crippen LogP contribution in [-0.2, 0) is 9.59 Å². The Kier molecular flexibility index (Phi) is 6.58. The lowest BCUT2D eigenvalue weighted by Gasteiger charge is -2.32. The molecule has 0 saturated carbocycles. The van der Waals surface area contributed by atoms with Crippen LogP contribution in [0.2, 0.25) is 0 Å². The maximum Gasteiger partial charge on any atom is 0.162 e. The number of aliphatic hydroxyl groups is 3. The zero-order chi connectivity index (χ0) is 19.5. The van der Waals surface area contributed by atoms with Crippen molar-refractivity contribution in [1.29, 1.82) is 0 Å². The van der Waals surface area contributed by atoms with Crippen molar-refractivity contribution in [3.8, 4) is 0 Å². The first-order valence-electron chi connectivity index (χ1n) is 9.35. The highest BCUT2D eigenvalue weighted by Crippen LogP contribution is 2.44. The Hall–Kier alpha value is -1.72. The van der Waals surface area contributed by atoms with Crippen LogP contribution in [0.1, 0.15) is 59.3 Å². The molecular formula is C21H30O5. The van der Waals surface area contributed by atoms with Gasteiger partial charge < -0.3 is 15.3 Å². The number of carbonyl (C=O) groups excluding carboxylic acids is 2. The zero-order valence-electron chi connectivity index (χ0n) is 15.9. The molecular weight excluding hydrogens is 332 g/mol. The highest BCUT2D eigenvalue weighted by Gasteiger charge is 2.42. The van der Waals surface area contributed by atoms with E-state index in [1.807, 2.05) is 12.2 Å². The smallest absolute Gasteiger partial charge is 0.162 e. The van der Waals surface area contributed by atoms with Crippen LogP contribution in [0.25, 0.3) is 0 Å². The van der Waals surface area contributed by atoms with Gasteiger partial charge in [0.15, 0.2) is 5.78 Å². The molecule has 3 N–H and O–H groups in total. The van der Waals surface area contributed by atoms with E-state index in [1.165, 1.54) is 0 Å². The molecule has 0 bridgehead atoms. The third kappa shape index (κ3) is 4.51. The van der Waals surface area contributed by atoms with Crippen molar-refractivity contribution in [2.24, 2.45) is 11.8 Å². The topological polar surface area (TPSA) is 94.8 Å². The first-order valence-corrected chi connectivity index (χ1v) is 9.35. The standard InChI is InChI=1S/C21H30O5/c1-13(12-22)5-4-6-14(2)15-9-10-21(3,26)17(15)11-16-18(23)7-8-19(24)20(16)25/h5,9,12,14,17,19,24-26H,4,6-8,10-11H2,1-3H3/b13-5+. The van der Waals surface area contributed by atoms with E-state index in [-0.39, 0.29) is 48.2 Å². The molecule has 2 rings (SSSR count). The predicted octanol–water partition coefficient (Wildman–Crippen LogP) is 3.17. The summed E-state index contributed by atoms with van der Waals surface area (Å²) in [6, 6.07) is 0. The van der Waals surface area contributed by atoms with Crippen LogP contribution in [0.15, 0.2) is 34.6 Å². The van der Waals surface area contributed by atoms with E-state index in [1.54, 1.807) is 13.8 Å². The number of hydrogen-bond donors (Lipinski definition) is 3. The van der Waals surface area contributed by atoms with Gasteiger partial charge in [0.05, 0.1) is 5.60 Å². The Balaban J connectivity index is 2.16. The van der Waals surface area contributed by atoms with E-state index in [2.05, 4.69) is 6.92 Å². The first kappa shape index (κ1) is 20.6. The number of aliphatic hydroxyl groups excluding tert-OH is 2. The predicted molar refractivity (Wildman–Crippen MR) is 99.6 cm³/mol. The molecule has 0 aliphatic heterocycles. The Morgan fingerprint density at radius 1 is 1.46 bits per heavy atom. The number of carbonyl (C=O) groups is 2. The summed E-state index contributed by atoms with van der Waals surface area (Å²) < 4.78 is 0. The van der Waals surface area contributed by atoms with E-state index in [9.17, 15) is 24.9 Å². The Labute approximate surface area is 155 Å². The van der Waals surface area contributed by atoms with Crippen LogP contribution in [0.4, 0.5) is 0 Å². The molecule has 0 heterocycles. The van der Waals surface area contributed by atoms with Crippen LogP contribution in [0, 0.1) is 11.8 Å². The van der Waals surface area contributed by atoms with Crippen molar-refractivity contribution in [3.63, 3.8) is 0 Å². The highest BCUT2D eigenvalue weighted by molar-refractivity contribution is 5.96. The van der Waals surface area contributed by atoms with Gasteiger partial charge in [-0.25, -0.2) is 0 Å². The number of rotatable bonds is 7. The van der Waals surface area contributed by atoms with E-state index >= 15 is 0 Å². The van der Waals surface area contributed by atoms with E-state index < -0.39 is 11.7 Å². The van der Waals surface area contributed by atoms with Crippen LogP contribution in [-0.4, -0.2) is 39.1 Å². The fourth-order valence-corrected chi connectivity index (χ4v) is 3.95. The Bertz CT molecular complexity index is 653. The normalized spacial score (nSPS) is 31.2. The third-order valence-corrected chi connectivity index (χ3v) is 5.74. The van der Waals surface area contributed by atoms with Gasteiger partial charge in [-0.15, -0.1) is 0 Å². The molecule has 2 aliphatic rings. The number of allylic oxidation sites excluding steroid dienone is 3. The minimum absolute atomic E-state index is 0.146. The summed E-state index contributed by atoms with van der Waals surface area (Å²) in [6.07, 6.45) is 6.61. The first-order chi connectivity index (χ1) is 12.2. The Morgan fingerprint density at radius 2 is 2.15 bits per heavy atom. The molecule has 0 aromatic heterocycles. The highest BCUT2D eigenvalue weighted by atomic mass is 16.3. The molecule has 0 saturated heterocycles. The number of aldehydes is 1. The summed E-state index contributed by atoms with van der Waals surface area (Å²) in [5.41, 5.74) is 1.07. The molecule has 0 fully saturated rings. The second kappa shape index (κ2) is 8.31. The van der Waals surface area contributed by atoms with Gasteiger partial charge in [-0.3, -0.25) is 9.59 Å². The van der Waals surface area contributed by atoms with Crippen molar-refractivity contribution < 1.29 is 24.9 Å². The molecule has 0 spiro atoms. The molecule has 0 radical (unpaired) electrons. The summed E-state index contributed by atoms with van der Waals surface area (Å²) in [5, 5.41) is 30.8. The monoisotopic (exact) mass is 362 g/mol. The van der Waals surface area contributed by atoms with Crippen molar-refractivity contribution in [3.05, 3.63) is 34.6 Å². The van der Waals surface area contributed by atoms with Crippen molar-refractivity contribution in [2.45, 2.75) is 71.0 Å². The second-order valence-electron chi connectivity index (χ2n) is 7.91. The number of hydrogen-bond acceptors (Lipinski definition) is 5. The minimum atomic E-state index is -0.990. The third-order valence-electron chi connectivity index (χ3n) is 5.74. The lowest BCUT2D eigenvalue weighted by atomic mass is 9.76. The van der Waals surface area contributed by atoms with Gasteiger partial charge in [-0.2, -0.15) is 0 Å². The van der Waals surface area contributed by atoms with E-state index in [0.29, 0.717) is 12.0 Å². The molecule has 0 amide bonds. The molecule has 2 aliphatic carbocycles. The molecule has 0 aromatic carbocycles. The quantitative estimate of drug-likeness (QED) is 0.367. The maximum atomic E-state index is 12.2. The van der Waals surface area contributed by atoms with Crippen LogP contribution >= 0.6 is 0 Å². The largest absolute Gasteiger partial charge is 0.509 e. The Morgan fingerprint density at radius 3 is 2.81 bits per heavy atom. The van der Waals surface area contributed by atoms with Gasteiger partial charge in [0.1, 0.15) is 18.1 Å². The van der Waals surface area contributed by atoms with Crippen LogP contribution < -0.4 is 0 Å². The second-order valence-corrected chi connectivity index (χ2v) is 7.91. The summed E-state index contributed by atoms with van der Waals surface area (Å²) in [7, 11) is 0. The molecule has 26 heavy (non-hydrogen) atoms. The lowest BCUT2D eigenvalue weighted by molar-refractivity contribution is -0.117. The molecule has 4 atom stereocenters. The van der Waals surface area contributed by atoms with Gasteiger partial charge in [-0.05, 0) is 57.4 Å². The summed E-state index contributed by atoms with van der Waals surface area (Å²) in [4.78, 5) is 22.9. The average molecular weight is 362 g/mol. The average Bonchev–Trinajstić information content (AvgIpc) is 2.89. The minimum Gasteiger partial charge on any atom is -0.509 e. The van der Waals surface area contributed by atoms with E-state index in [4.69, 9.17) is 0 Å². The molecule has 5 nitrogen and oxygen atoms in total. The fraction of sp³-hybridized carbons (Fsp3) is 0.619. The maximum absolute atomic E-state index is 12.2. The lowest BCUT2D eigenvalue weighted by Crippen LogP contribution is -2.35. The SMILES string of the molecule is C/C(C=O)=C\CCC(C)C1=CCC(C)(O)C1CC1=C(O)C(O)CCC1=O. The van der Waals surface area contributed by atoms with Crippen molar-refractivity contribution in [1.82, 2.24) is 0 Å². The van der Waals surface area contributed by atoms with Gasteiger partial charge in [0.2, 0.25) is 0 Å². The van der Waals surface area contributed by atoms with Gasteiger partial charge in [0.25, 0.3) is 0 Å².